The van der Waals surface area contributed by atoms with Gasteiger partial charge >= 0.3 is 5.97 Å². The third-order valence-corrected chi connectivity index (χ3v) is 2.68. The highest BCUT2D eigenvalue weighted by Crippen LogP contribution is 2.46. The number of aliphatic carboxylic acids is 1. The average Bonchev–Trinajstić information content (AvgIpc) is 2.40. The highest BCUT2D eigenvalue weighted by Gasteiger charge is 2.59. The number of hydrogen-bond acceptors (Lipinski definition) is 2. The molecule has 12 heavy (non-hydrogen) atoms. The van der Waals surface area contributed by atoms with Crippen molar-refractivity contribution in [2.24, 2.45) is 5.92 Å². The molecule has 0 amide bonds. The molecule has 1 saturated heterocycles. The third kappa shape index (κ3) is 0.924. The first-order valence-corrected chi connectivity index (χ1v) is 3.87. The molecule has 0 radical (unpaired) electrons. The van der Waals surface area contributed by atoms with E-state index in [0.29, 0.717) is 6.42 Å². The van der Waals surface area contributed by atoms with Crippen LogP contribution in [0.1, 0.15) is 12.8 Å². The fraction of sp³-hybridized carbons (Fsp3) is 0.857. The number of rotatable bonds is 1. The lowest BCUT2D eigenvalue weighted by Crippen LogP contribution is -2.49. The molecule has 5 heteroatoms. The molecule has 2 N–H and O–H groups in total. The highest BCUT2D eigenvalue weighted by atomic mass is 19.3. The van der Waals surface area contributed by atoms with Crippen molar-refractivity contribution in [2.75, 3.05) is 0 Å². The van der Waals surface area contributed by atoms with Crippen molar-refractivity contribution in [1.29, 1.82) is 0 Å². The van der Waals surface area contributed by atoms with Gasteiger partial charge in [-0.1, -0.05) is 0 Å². The lowest BCUT2D eigenvalue weighted by molar-refractivity contribution is -0.147. The second-order valence-corrected chi connectivity index (χ2v) is 3.49. The minimum absolute atomic E-state index is 0.207. The Morgan fingerprint density at radius 3 is 2.58 bits per heavy atom. The van der Waals surface area contributed by atoms with Crippen molar-refractivity contribution >= 4 is 5.97 Å². The van der Waals surface area contributed by atoms with E-state index in [1.165, 1.54) is 0 Å². The fourth-order valence-electron chi connectivity index (χ4n) is 2.16. The van der Waals surface area contributed by atoms with Crippen LogP contribution in [0, 0.1) is 5.92 Å². The van der Waals surface area contributed by atoms with E-state index in [0.717, 1.165) is 0 Å². The van der Waals surface area contributed by atoms with Crippen LogP contribution >= 0.6 is 0 Å². The maximum Gasteiger partial charge on any atom is 0.321 e. The van der Waals surface area contributed by atoms with Crippen LogP contribution < -0.4 is 5.32 Å². The Balaban J connectivity index is 2.20. The molecule has 3 unspecified atom stereocenters. The monoisotopic (exact) mass is 177 g/mol. The quantitative estimate of drug-likeness (QED) is 0.611. The zero-order valence-corrected chi connectivity index (χ0v) is 6.26. The Hall–Kier alpha value is -0.710. The molecule has 0 spiro atoms. The van der Waals surface area contributed by atoms with E-state index in [-0.39, 0.29) is 12.5 Å². The van der Waals surface area contributed by atoms with Gasteiger partial charge in [0.05, 0.1) is 5.92 Å². The second kappa shape index (κ2) is 2.16. The molecule has 68 valence electrons. The van der Waals surface area contributed by atoms with Gasteiger partial charge in [0.2, 0.25) is 0 Å². The van der Waals surface area contributed by atoms with Gasteiger partial charge < -0.3 is 10.4 Å². The molecule has 2 fully saturated rings. The Morgan fingerprint density at radius 2 is 2.25 bits per heavy atom. The van der Waals surface area contributed by atoms with Crippen LogP contribution in [-0.4, -0.2) is 29.1 Å². The number of halogens is 2. The summed E-state index contributed by atoms with van der Waals surface area (Å²) in [5, 5.41) is 11.2. The van der Waals surface area contributed by atoms with Crippen LogP contribution in [0.2, 0.25) is 0 Å². The van der Waals surface area contributed by atoms with Crippen molar-refractivity contribution in [3.05, 3.63) is 0 Å². The van der Waals surface area contributed by atoms with E-state index in [1.54, 1.807) is 0 Å². The van der Waals surface area contributed by atoms with E-state index in [2.05, 4.69) is 5.32 Å². The summed E-state index contributed by atoms with van der Waals surface area (Å²) in [6.07, 6.45) is 0.0887. The zero-order chi connectivity index (χ0) is 8.93. The number of alkyl halides is 2. The molecule has 1 aliphatic heterocycles. The van der Waals surface area contributed by atoms with Crippen molar-refractivity contribution in [3.8, 4) is 0 Å². The predicted octanol–water partition coefficient (Wildman–Crippen LogP) is 0.457. The molecular formula is C7H9F2NO2. The first kappa shape index (κ1) is 7.91. The summed E-state index contributed by atoms with van der Waals surface area (Å²) in [6.45, 7) is 0. The second-order valence-electron chi connectivity index (χ2n) is 3.49. The van der Waals surface area contributed by atoms with Gasteiger partial charge in [0.1, 0.15) is 6.04 Å². The maximum absolute atomic E-state index is 12.9. The van der Waals surface area contributed by atoms with Crippen molar-refractivity contribution in [1.82, 2.24) is 5.32 Å². The lowest BCUT2D eigenvalue weighted by atomic mass is 9.96. The molecule has 0 aromatic carbocycles. The van der Waals surface area contributed by atoms with E-state index < -0.39 is 23.9 Å². The van der Waals surface area contributed by atoms with E-state index in [9.17, 15) is 13.6 Å². The zero-order valence-electron chi connectivity index (χ0n) is 6.26. The van der Waals surface area contributed by atoms with Gasteiger partial charge in [-0.15, -0.1) is 0 Å². The fourth-order valence-corrected chi connectivity index (χ4v) is 2.16. The third-order valence-electron chi connectivity index (χ3n) is 2.68. The van der Waals surface area contributed by atoms with Gasteiger partial charge in [0.25, 0.3) is 5.92 Å². The number of hydrogen-bond donors (Lipinski definition) is 2. The lowest BCUT2D eigenvalue weighted by Gasteiger charge is -2.27. The van der Waals surface area contributed by atoms with Gasteiger partial charge in [-0.05, 0) is 6.42 Å². The standard InChI is InChI=1S/C7H9F2NO2/c8-7(9)2-3-1-4(7)5(10-3)6(11)12/h3-5,10H,1-2H2,(H,11,12). The molecule has 0 aromatic rings. The largest absolute Gasteiger partial charge is 0.480 e. The summed E-state index contributed by atoms with van der Waals surface area (Å²) in [5.41, 5.74) is 0. The van der Waals surface area contributed by atoms with Gasteiger partial charge in [0.15, 0.2) is 0 Å². The first-order valence-electron chi connectivity index (χ1n) is 3.87. The van der Waals surface area contributed by atoms with E-state index in [4.69, 9.17) is 5.11 Å². The van der Waals surface area contributed by atoms with Crippen molar-refractivity contribution < 1.29 is 18.7 Å². The number of piperidine rings is 1. The van der Waals surface area contributed by atoms with Gasteiger partial charge in [-0.3, -0.25) is 4.79 Å². The molecule has 2 bridgehead atoms. The van der Waals surface area contributed by atoms with Gasteiger partial charge in [0, 0.05) is 12.5 Å². The smallest absolute Gasteiger partial charge is 0.321 e. The Bertz CT molecular complexity index is 231. The van der Waals surface area contributed by atoms with Crippen LogP contribution in [0.25, 0.3) is 0 Å². The molecule has 3 atom stereocenters. The highest BCUT2D eigenvalue weighted by molar-refractivity contribution is 5.75. The summed E-state index contributed by atoms with van der Waals surface area (Å²) >= 11 is 0. The van der Waals surface area contributed by atoms with Gasteiger partial charge in [-0.2, -0.15) is 0 Å². The molecule has 3 nitrogen and oxygen atoms in total. The molecule has 1 heterocycles. The minimum Gasteiger partial charge on any atom is -0.480 e. The van der Waals surface area contributed by atoms with E-state index in [1.807, 2.05) is 0 Å². The number of carboxylic acids is 1. The summed E-state index contributed by atoms with van der Waals surface area (Å²) in [4.78, 5) is 10.5. The minimum atomic E-state index is -2.78. The molecule has 1 aliphatic carbocycles. The molecule has 1 saturated carbocycles. The Morgan fingerprint density at radius 1 is 1.58 bits per heavy atom. The number of fused-ring (bicyclic) bond motifs is 2. The van der Waals surface area contributed by atoms with Crippen LogP contribution in [0.4, 0.5) is 8.78 Å². The molecular weight excluding hydrogens is 168 g/mol. The number of carbonyl (C=O) groups is 1. The van der Waals surface area contributed by atoms with Gasteiger partial charge in [-0.25, -0.2) is 8.78 Å². The molecule has 0 aromatic heterocycles. The molecule has 2 rings (SSSR count). The van der Waals surface area contributed by atoms with Crippen molar-refractivity contribution in [3.63, 3.8) is 0 Å². The van der Waals surface area contributed by atoms with Crippen LogP contribution in [0.5, 0.6) is 0 Å². The number of carboxylic acid groups (broad SMARTS) is 1. The SMILES string of the molecule is O=C(O)C1NC2CC1C(F)(F)C2. The Labute approximate surface area is 67.8 Å². The average molecular weight is 177 g/mol. The normalized spacial score (nSPS) is 43.3. The summed E-state index contributed by atoms with van der Waals surface area (Å²) in [5.74, 6) is -4.94. The summed E-state index contributed by atoms with van der Waals surface area (Å²) in [7, 11) is 0. The van der Waals surface area contributed by atoms with Crippen LogP contribution in [-0.2, 0) is 4.79 Å². The summed E-state index contributed by atoms with van der Waals surface area (Å²) < 4.78 is 25.9. The van der Waals surface area contributed by atoms with Crippen LogP contribution in [0.3, 0.4) is 0 Å². The van der Waals surface area contributed by atoms with E-state index >= 15 is 0 Å². The number of nitrogens with one attached hydrogen (secondary N) is 1. The first-order chi connectivity index (χ1) is 5.50. The van der Waals surface area contributed by atoms with Crippen LogP contribution in [0.15, 0.2) is 0 Å². The van der Waals surface area contributed by atoms with Crippen molar-refractivity contribution in [2.45, 2.75) is 30.8 Å². The Kier molecular flexibility index (Phi) is 1.42. The summed E-state index contributed by atoms with van der Waals surface area (Å²) in [6, 6.07) is -1.34. The maximum atomic E-state index is 12.9. The predicted molar refractivity (Wildman–Crippen MR) is 36.0 cm³/mol. The molecule has 2 aliphatic rings. The topological polar surface area (TPSA) is 49.3 Å².